The summed E-state index contributed by atoms with van der Waals surface area (Å²) in [5, 5.41) is 47.5. The third-order valence-electron chi connectivity index (χ3n) is 2.66. The van der Waals surface area contributed by atoms with E-state index >= 15 is 0 Å². The zero-order chi connectivity index (χ0) is 13.0. The van der Waals surface area contributed by atoms with E-state index in [1.807, 2.05) is 0 Å². The molecule has 0 radical (unpaired) electrons. The molecule has 96 valence electrons. The van der Waals surface area contributed by atoms with Crippen molar-refractivity contribution in [3.8, 4) is 0 Å². The molecular formula is C12H18O5. The third-order valence-corrected chi connectivity index (χ3v) is 2.66. The molecule has 1 rings (SSSR count). The summed E-state index contributed by atoms with van der Waals surface area (Å²) in [6.07, 6.45) is -7.21. The molecule has 17 heavy (non-hydrogen) atoms. The van der Waals surface area contributed by atoms with Crippen molar-refractivity contribution in [3.05, 3.63) is 35.9 Å². The van der Waals surface area contributed by atoms with Crippen LogP contribution in [0, 0.1) is 0 Å². The van der Waals surface area contributed by atoms with Crippen molar-refractivity contribution in [3.63, 3.8) is 0 Å². The lowest BCUT2D eigenvalue weighted by Gasteiger charge is -2.28. The molecule has 0 fully saturated rings. The highest BCUT2D eigenvalue weighted by Crippen LogP contribution is 2.20. The van der Waals surface area contributed by atoms with Crippen molar-refractivity contribution in [2.45, 2.75) is 37.4 Å². The fourth-order valence-corrected chi connectivity index (χ4v) is 1.52. The van der Waals surface area contributed by atoms with Gasteiger partial charge in [0.25, 0.3) is 0 Å². The van der Waals surface area contributed by atoms with Crippen LogP contribution in [-0.2, 0) is 0 Å². The highest BCUT2D eigenvalue weighted by Gasteiger charge is 2.33. The zero-order valence-corrected chi connectivity index (χ0v) is 9.51. The third kappa shape index (κ3) is 3.49. The second-order valence-electron chi connectivity index (χ2n) is 4.07. The maximum atomic E-state index is 9.79. The van der Waals surface area contributed by atoms with Gasteiger partial charge in [-0.2, -0.15) is 0 Å². The normalized spacial score (nSPS) is 20.4. The molecule has 0 aromatic heterocycles. The Hall–Kier alpha value is -0.980. The molecule has 0 aliphatic carbocycles. The van der Waals surface area contributed by atoms with Crippen LogP contribution in [0.1, 0.15) is 18.6 Å². The zero-order valence-electron chi connectivity index (χ0n) is 9.51. The summed E-state index contributed by atoms with van der Waals surface area (Å²) in [6.45, 7) is 1.29. The van der Waals surface area contributed by atoms with Gasteiger partial charge in [0.05, 0.1) is 6.10 Å². The molecule has 0 heterocycles. The average molecular weight is 242 g/mol. The number of benzene rings is 1. The van der Waals surface area contributed by atoms with E-state index in [9.17, 15) is 20.4 Å². The number of hydrogen-bond acceptors (Lipinski definition) is 5. The minimum atomic E-state index is -1.62. The number of aliphatic hydroxyl groups is 5. The molecule has 5 atom stereocenters. The fourth-order valence-electron chi connectivity index (χ4n) is 1.52. The van der Waals surface area contributed by atoms with Gasteiger partial charge in [0.15, 0.2) is 0 Å². The summed E-state index contributed by atoms with van der Waals surface area (Å²) in [7, 11) is 0. The summed E-state index contributed by atoms with van der Waals surface area (Å²) in [5.41, 5.74) is 0.428. The van der Waals surface area contributed by atoms with Gasteiger partial charge >= 0.3 is 0 Å². The second kappa shape index (κ2) is 6.09. The summed E-state index contributed by atoms with van der Waals surface area (Å²) >= 11 is 0. The highest BCUT2D eigenvalue weighted by molar-refractivity contribution is 5.18. The lowest BCUT2D eigenvalue weighted by atomic mass is 9.95. The summed E-state index contributed by atoms with van der Waals surface area (Å²) in [6, 6.07) is 8.31. The Labute approximate surface area is 99.6 Å². The standard InChI is InChI=1S/C12H18O5/c1-7(13)9(14)11(16)12(17)10(15)8-5-3-2-4-6-8/h2-7,9-17H,1H3/t7-,9-,10?,11+,12+/m1/s1. The molecule has 0 saturated carbocycles. The van der Waals surface area contributed by atoms with Crippen LogP contribution in [-0.4, -0.2) is 49.9 Å². The Bertz CT molecular complexity index is 327. The van der Waals surface area contributed by atoms with Crippen LogP contribution >= 0.6 is 0 Å². The second-order valence-corrected chi connectivity index (χ2v) is 4.07. The van der Waals surface area contributed by atoms with E-state index in [2.05, 4.69) is 0 Å². The van der Waals surface area contributed by atoms with Gasteiger partial charge in [-0.05, 0) is 12.5 Å². The Kier molecular flexibility index (Phi) is 5.04. The average Bonchev–Trinajstić information content (AvgIpc) is 2.36. The molecule has 0 bridgehead atoms. The van der Waals surface area contributed by atoms with Crippen molar-refractivity contribution in [2.24, 2.45) is 0 Å². The van der Waals surface area contributed by atoms with Crippen LogP contribution < -0.4 is 0 Å². The highest BCUT2D eigenvalue weighted by atomic mass is 16.4. The minimum absolute atomic E-state index is 0.428. The van der Waals surface area contributed by atoms with Crippen molar-refractivity contribution in [1.82, 2.24) is 0 Å². The van der Waals surface area contributed by atoms with Crippen LogP contribution in [0.25, 0.3) is 0 Å². The van der Waals surface area contributed by atoms with E-state index in [1.54, 1.807) is 30.3 Å². The molecule has 5 heteroatoms. The van der Waals surface area contributed by atoms with E-state index in [-0.39, 0.29) is 0 Å². The van der Waals surface area contributed by atoms with Gasteiger partial charge < -0.3 is 25.5 Å². The van der Waals surface area contributed by atoms with Crippen LogP contribution in [0.2, 0.25) is 0 Å². The Morgan fingerprint density at radius 2 is 1.29 bits per heavy atom. The maximum Gasteiger partial charge on any atom is 0.113 e. The predicted molar refractivity (Wildman–Crippen MR) is 61.1 cm³/mol. The van der Waals surface area contributed by atoms with Crippen molar-refractivity contribution in [2.75, 3.05) is 0 Å². The van der Waals surface area contributed by atoms with Gasteiger partial charge in [-0.15, -0.1) is 0 Å². The van der Waals surface area contributed by atoms with E-state index in [0.29, 0.717) is 5.56 Å². The van der Waals surface area contributed by atoms with Gasteiger partial charge in [-0.1, -0.05) is 30.3 Å². The molecule has 1 unspecified atom stereocenters. The van der Waals surface area contributed by atoms with Crippen molar-refractivity contribution in [1.29, 1.82) is 0 Å². The van der Waals surface area contributed by atoms with Crippen LogP contribution in [0.4, 0.5) is 0 Å². The van der Waals surface area contributed by atoms with Crippen molar-refractivity contribution >= 4 is 0 Å². The van der Waals surface area contributed by atoms with Gasteiger partial charge in [-0.3, -0.25) is 0 Å². The fraction of sp³-hybridized carbons (Fsp3) is 0.500. The topological polar surface area (TPSA) is 101 Å². The number of aliphatic hydroxyl groups excluding tert-OH is 5. The molecule has 1 aromatic rings. The first-order chi connectivity index (χ1) is 7.95. The monoisotopic (exact) mass is 242 g/mol. The Morgan fingerprint density at radius 1 is 0.765 bits per heavy atom. The molecule has 0 spiro atoms. The van der Waals surface area contributed by atoms with Gasteiger partial charge in [-0.25, -0.2) is 0 Å². The molecule has 0 saturated heterocycles. The quantitative estimate of drug-likeness (QED) is 0.464. The lowest BCUT2D eigenvalue weighted by Crippen LogP contribution is -2.45. The molecule has 5 N–H and O–H groups in total. The molecule has 0 amide bonds. The predicted octanol–water partition coefficient (Wildman–Crippen LogP) is -0.817. The first-order valence-corrected chi connectivity index (χ1v) is 5.40. The van der Waals surface area contributed by atoms with Gasteiger partial charge in [0.2, 0.25) is 0 Å². The van der Waals surface area contributed by atoms with E-state index in [4.69, 9.17) is 5.11 Å². The molecule has 5 nitrogen and oxygen atoms in total. The molecule has 0 aliphatic rings. The smallest absolute Gasteiger partial charge is 0.113 e. The van der Waals surface area contributed by atoms with E-state index in [1.165, 1.54) is 6.92 Å². The number of hydrogen-bond donors (Lipinski definition) is 5. The van der Waals surface area contributed by atoms with E-state index < -0.39 is 30.5 Å². The SMILES string of the molecule is C[C@@H](O)[C@@H](O)[C@H](O)[C@@H](O)C(O)c1ccccc1. The summed E-state index contributed by atoms with van der Waals surface area (Å²) < 4.78 is 0. The maximum absolute atomic E-state index is 9.79. The largest absolute Gasteiger partial charge is 0.391 e. The van der Waals surface area contributed by atoms with Crippen LogP contribution in [0.15, 0.2) is 30.3 Å². The van der Waals surface area contributed by atoms with Crippen LogP contribution in [0.3, 0.4) is 0 Å². The minimum Gasteiger partial charge on any atom is -0.391 e. The lowest BCUT2D eigenvalue weighted by molar-refractivity contribution is -0.131. The van der Waals surface area contributed by atoms with Gasteiger partial charge in [0.1, 0.15) is 24.4 Å². The first kappa shape index (κ1) is 14.1. The Morgan fingerprint density at radius 3 is 1.76 bits per heavy atom. The van der Waals surface area contributed by atoms with E-state index in [0.717, 1.165) is 0 Å². The Balaban J connectivity index is 2.73. The first-order valence-electron chi connectivity index (χ1n) is 5.40. The molecular weight excluding hydrogens is 224 g/mol. The van der Waals surface area contributed by atoms with Crippen molar-refractivity contribution < 1.29 is 25.5 Å². The summed E-state index contributed by atoms with van der Waals surface area (Å²) in [5.74, 6) is 0. The number of rotatable bonds is 5. The molecule has 0 aliphatic heterocycles. The van der Waals surface area contributed by atoms with Gasteiger partial charge in [0, 0.05) is 0 Å². The van der Waals surface area contributed by atoms with Crippen LogP contribution in [0.5, 0.6) is 0 Å². The summed E-state index contributed by atoms with van der Waals surface area (Å²) in [4.78, 5) is 0. The molecule has 1 aromatic carbocycles.